The van der Waals surface area contributed by atoms with Crippen molar-refractivity contribution in [3.8, 4) is 11.4 Å². The van der Waals surface area contributed by atoms with Crippen LogP contribution in [0.2, 0.25) is 0 Å². The molecular weight excluding hydrogens is 342 g/mol. The third-order valence-electron chi connectivity index (χ3n) is 4.85. The van der Waals surface area contributed by atoms with Crippen LogP contribution in [0.4, 0.5) is 0 Å². The normalized spacial score (nSPS) is 11.3. The Hall–Kier alpha value is -2.59. The topological polar surface area (TPSA) is 31.2 Å². The molecular formula is C22H21NO2S. The van der Waals surface area contributed by atoms with Crippen LogP contribution in [-0.4, -0.2) is 11.7 Å². The molecule has 0 bridgehead atoms. The number of fused-ring (bicyclic) bond motifs is 3. The summed E-state index contributed by atoms with van der Waals surface area (Å²) in [4.78, 5) is 13.3. The molecule has 0 saturated carbocycles. The molecule has 4 heteroatoms. The number of hydrogen-bond acceptors (Lipinski definition) is 3. The molecule has 0 radical (unpaired) electrons. The van der Waals surface area contributed by atoms with Gasteiger partial charge in [-0.3, -0.25) is 9.36 Å². The molecule has 4 rings (SSSR count). The van der Waals surface area contributed by atoms with Crippen LogP contribution in [0.25, 0.3) is 26.7 Å². The van der Waals surface area contributed by atoms with E-state index in [-0.39, 0.29) is 5.56 Å². The zero-order chi connectivity index (χ0) is 18.3. The van der Waals surface area contributed by atoms with Gasteiger partial charge in [0, 0.05) is 22.0 Å². The Morgan fingerprint density at radius 2 is 1.92 bits per heavy atom. The number of pyridine rings is 1. The summed E-state index contributed by atoms with van der Waals surface area (Å²) in [5.41, 5.74) is 4.16. The van der Waals surface area contributed by atoms with Crippen molar-refractivity contribution in [3.63, 3.8) is 0 Å². The minimum absolute atomic E-state index is 0.0458. The summed E-state index contributed by atoms with van der Waals surface area (Å²) in [6.07, 6.45) is 1.93. The minimum atomic E-state index is 0.0458. The summed E-state index contributed by atoms with van der Waals surface area (Å²) in [6.45, 7) is 4.22. The smallest absolute Gasteiger partial charge is 0.273 e. The fraction of sp³-hybridized carbons (Fsp3) is 0.227. The van der Waals surface area contributed by atoms with Crippen LogP contribution >= 0.6 is 11.3 Å². The molecule has 0 fully saturated rings. The minimum Gasteiger partial charge on any atom is -0.496 e. The van der Waals surface area contributed by atoms with Crippen molar-refractivity contribution in [2.24, 2.45) is 0 Å². The van der Waals surface area contributed by atoms with Crippen LogP contribution in [-0.2, 0) is 6.42 Å². The van der Waals surface area contributed by atoms with Crippen molar-refractivity contribution >= 4 is 32.3 Å². The zero-order valence-electron chi connectivity index (χ0n) is 15.2. The molecule has 0 atom stereocenters. The lowest BCUT2D eigenvalue weighted by molar-refractivity contribution is 0.410. The van der Waals surface area contributed by atoms with Gasteiger partial charge in [-0.25, -0.2) is 0 Å². The van der Waals surface area contributed by atoms with Crippen LogP contribution in [0.3, 0.4) is 0 Å². The number of hydrogen-bond donors (Lipinski definition) is 0. The average Bonchev–Trinajstić information content (AvgIpc) is 3.15. The lowest BCUT2D eigenvalue weighted by Crippen LogP contribution is -2.19. The number of benzene rings is 2. The maximum atomic E-state index is 13.3. The second-order valence-electron chi connectivity index (χ2n) is 6.49. The Morgan fingerprint density at radius 3 is 2.62 bits per heavy atom. The van der Waals surface area contributed by atoms with Gasteiger partial charge in [0.1, 0.15) is 10.4 Å². The lowest BCUT2D eigenvalue weighted by Gasteiger charge is -2.19. The molecule has 2 aromatic carbocycles. The molecule has 0 saturated heterocycles. The van der Waals surface area contributed by atoms with E-state index in [0.717, 1.165) is 50.8 Å². The lowest BCUT2D eigenvalue weighted by atomic mass is 9.97. The van der Waals surface area contributed by atoms with Crippen LogP contribution in [0, 0.1) is 6.92 Å². The van der Waals surface area contributed by atoms with E-state index in [0.29, 0.717) is 0 Å². The molecule has 0 amide bonds. The number of methoxy groups -OCH3 is 1. The summed E-state index contributed by atoms with van der Waals surface area (Å²) in [7, 11) is 1.72. The number of nitrogens with zero attached hydrogens (tertiary/aromatic N) is 1. The van der Waals surface area contributed by atoms with Gasteiger partial charge >= 0.3 is 0 Å². The predicted octanol–water partition coefficient (Wildman–Crippen LogP) is 5.47. The second kappa shape index (κ2) is 6.61. The molecule has 0 unspecified atom stereocenters. The molecule has 0 aliphatic heterocycles. The van der Waals surface area contributed by atoms with Crippen LogP contribution in [0.15, 0.2) is 52.6 Å². The standard InChI is InChI=1S/C22H21NO2S/c1-4-8-16-18(25-3)13-14(2)20-19(16)17-11-12-26-21(17)22(24)23(20)15-9-6-5-7-10-15/h5-7,9-13H,4,8H2,1-3H3. The Balaban J connectivity index is 2.30. The number of thiophene rings is 1. The fourth-order valence-electron chi connectivity index (χ4n) is 3.77. The van der Waals surface area contributed by atoms with E-state index in [2.05, 4.69) is 26.0 Å². The maximum Gasteiger partial charge on any atom is 0.273 e. The first-order chi connectivity index (χ1) is 12.7. The third-order valence-corrected chi connectivity index (χ3v) is 5.75. The monoisotopic (exact) mass is 363 g/mol. The van der Waals surface area contributed by atoms with Gasteiger partial charge in [-0.15, -0.1) is 11.3 Å². The van der Waals surface area contributed by atoms with Gasteiger partial charge < -0.3 is 4.74 Å². The predicted molar refractivity (Wildman–Crippen MR) is 110 cm³/mol. The first kappa shape index (κ1) is 16.9. The van der Waals surface area contributed by atoms with E-state index in [1.54, 1.807) is 7.11 Å². The number of aromatic nitrogens is 1. The van der Waals surface area contributed by atoms with Crippen LogP contribution in [0.1, 0.15) is 24.5 Å². The summed E-state index contributed by atoms with van der Waals surface area (Å²) >= 11 is 1.51. The van der Waals surface area contributed by atoms with Gasteiger partial charge in [0.25, 0.3) is 5.56 Å². The molecule has 4 aromatic rings. The van der Waals surface area contributed by atoms with E-state index in [1.165, 1.54) is 16.9 Å². The average molecular weight is 363 g/mol. The Kier molecular flexibility index (Phi) is 4.29. The molecule has 2 aromatic heterocycles. The number of aryl methyl sites for hydroxylation is 2. The quantitative estimate of drug-likeness (QED) is 0.481. The fourth-order valence-corrected chi connectivity index (χ4v) is 4.60. The first-order valence-corrected chi connectivity index (χ1v) is 9.73. The molecule has 3 nitrogen and oxygen atoms in total. The summed E-state index contributed by atoms with van der Waals surface area (Å²) < 4.78 is 8.36. The first-order valence-electron chi connectivity index (χ1n) is 8.85. The summed E-state index contributed by atoms with van der Waals surface area (Å²) in [5, 5.41) is 4.18. The molecule has 0 aliphatic rings. The van der Waals surface area contributed by atoms with Crippen molar-refractivity contribution in [3.05, 3.63) is 69.3 Å². The Bertz CT molecular complexity index is 1160. The van der Waals surface area contributed by atoms with Crippen molar-refractivity contribution in [2.45, 2.75) is 26.7 Å². The van der Waals surface area contributed by atoms with E-state index < -0.39 is 0 Å². The second-order valence-corrected chi connectivity index (χ2v) is 7.40. The van der Waals surface area contributed by atoms with Crippen molar-refractivity contribution in [1.82, 2.24) is 4.57 Å². The molecule has 26 heavy (non-hydrogen) atoms. The van der Waals surface area contributed by atoms with Gasteiger partial charge in [-0.1, -0.05) is 31.5 Å². The van der Waals surface area contributed by atoms with Crippen molar-refractivity contribution in [1.29, 1.82) is 0 Å². The third kappa shape index (κ3) is 2.44. The molecule has 2 heterocycles. The molecule has 0 spiro atoms. The molecule has 0 N–H and O–H groups in total. The number of para-hydroxylation sites is 1. The van der Waals surface area contributed by atoms with Crippen LogP contribution < -0.4 is 10.3 Å². The van der Waals surface area contributed by atoms with E-state index in [1.807, 2.05) is 40.3 Å². The SMILES string of the molecule is CCCc1c(OC)cc(C)c2c1c1ccsc1c(=O)n2-c1ccccc1. The maximum absolute atomic E-state index is 13.3. The van der Waals surface area contributed by atoms with E-state index >= 15 is 0 Å². The van der Waals surface area contributed by atoms with Gasteiger partial charge in [0.15, 0.2) is 0 Å². The van der Waals surface area contributed by atoms with E-state index in [4.69, 9.17) is 4.74 Å². The zero-order valence-corrected chi connectivity index (χ0v) is 16.0. The number of ether oxygens (including phenoxy) is 1. The Labute approximate surface area is 156 Å². The highest BCUT2D eigenvalue weighted by molar-refractivity contribution is 7.17. The highest BCUT2D eigenvalue weighted by atomic mass is 32.1. The highest BCUT2D eigenvalue weighted by Gasteiger charge is 2.20. The van der Waals surface area contributed by atoms with Gasteiger partial charge in [0.2, 0.25) is 0 Å². The van der Waals surface area contributed by atoms with Crippen molar-refractivity contribution < 1.29 is 4.74 Å². The highest BCUT2D eigenvalue weighted by Crippen LogP contribution is 2.37. The van der Waals surface area contributed by atoms with Gasteiger partial charge in [0.05, 0.1) is 12.6 Å². The largest absolute Gasteiger partial charge is 0.496 e. The Morgan fingerprint density at radius 1 is 1.15 bits per heavy atom. The van der Waals surface area contributed by atoms with E-state index in [9.17, 15) is 4.79 Å². The summed E-state index contributed by atoms with van der Waals surface area (Å²) in [6, 6.07) is 14.0. The molecule has 132 valence electrons. The van der Waals surface area contributed by atoms with Crippen molar-refractivity contribution in [2.75, 3.05) is 7.11 Å². The summed E-state index contributed by atoms with van der Waals surface area (Å²) in [5.74, 6) is 0.905. The van der Waals surface area contributed by atoms with Gasteiger partial charge in [-0.05, 0) is 48.6 Å². The van der Waals surface area contributed by atoms with Crippen LogP contribution in [0.5, 0.6) is 5.75 Å². The number of rotatable bonds is 4. The van der Waals surface area contributed by atoms with Gasteiger partial charge in [-0.2, -0.15) is 0 Å². The molecule has 0 aliphatic carbocycles.